The van der Waals surface area contributed by atoms with E-state index in [0.29, 0.717) is 6.54 Å². The Labute approximate surface area is 160 Å². The van der Waals surface area contributed by atoms with Crippen LogP contribution in [0.3, 0.4) is 0 Å². The number of nitrogens with one attached hydrogen (secondary N) is 3. The van der Waals surface area contributed by atoms with E-state index in [0.717, 1.165) is 44.7 Å². The van der Waals surface area contributed by atoms with Gasteiger partial charge in [0.05, 0.1) is 12.1 Å². The molecule has 0 amide bonds. The van der Waals surface area contributed by atoms with Crippen LogP contribution in [0.15, 0.2) is 35.5 Å². The average molecular weight is 442 g/mol. The molecule has 1 fully saturated rings. The van der Waals surface area contributed by atoms with Crippen LogP contribution in [0.1, 0.15) is 31.7 Å². The van der Waals surface area contributed by atoms with Crippen LogP contribution in [-0.4, -0.2) is 41.3 Å². The number of para-hydroxylation sites is 1. The van der Waals surface area contributed by atoms with Crippen LogP contribution >= 0.6 is 24.0 Å². The summed E-state index contributed by atoms with van der Waals surface area (Å²) in [5.74, 6) is 0.785. The molecule has 24 heavy (non-hydrogen) atoms. The largest absolute Gasteiger partial charge is 0.388 e. The maximum atomic E-state index is 10.2. The van der Waals surface area contributed by atoms with Gasteiger partial charge in [0, 0.05) is 30.2 Å². The third-order valence-corrected chi connectivity index (χ3v) is 4.52. The van der Waals surface area contributed by atoms with Gasteiger partial charge in [0.2, 0.25) is 0 Å². The van der Waals surface area contributed by atoms with Crippen molar-refractivity contribution in [3.8, 4) is 0 Å². The summed E-state index contributed by atoms with van der Waals surface area (Å²) in [6, 6.07) is 8.35. The van der Waals surface area contributed by atoms with E-state index < -0.39 is 5.60 Å². The summed E-state index contributed by atoms with van der Waals surface area (Å²) >= 11 is 0. The highest BCUT2D eigenvalue weighted by Crippen LogP contribution is 2.31. The third kappa shape index (κ3) is 4.63. The fraction of sp³-hybridized carbons (Fsp3) is 0.500. The highest BCUT2D eigenvalue weighted by molar-refractivity contribution is 14.0. The molecule has 0 unspecified atom stereocenters. The first-order valence-electron chi connectivity index (χ1n) is 8.50. The summed E-state index contributed by atoms with van der Waals surface area (Å²) < 4.78 is 0. The smallest absolute Gasteiger partial charge is 0.191 e. The van der Waals surface area contributed by atoms with Gasteiger partial charge in [0.15, 0.2) is 5.96 Å². The van der Waals surface area contributed by atoms with Gasteiger partial charge in [-0.05, 0) is 44.2 Å². The van der Waals surface area contributed by atoms with Crippen LogP contribution < -0.4 is 10.6 Å². The Morgan fingerprint density at radius 2 is 2.08 bits per heavy atom. The van der Waals surface area contributed by atoms with Crippen molar-refractivity contribution in [3.05, 3.63) is 36.0 Å². The van der Waals surface area contributed by atoms with Crippen molar-refractivity contribution in [2.45, 2.75) is 38.2 Å². The first kappa shape index (κ1) is 19.1. The summed E-state index contributed by atoms with van der Waals surface area (Å²) in [6.45, 7) is 4.16. The lowest BCUT2D eigenvalue weighted by Crippen LogP contribution is -2.43. The monoisotopic (exact) mass is 442 g/mol. The number of halogens is 1. The second-order valence-corrected chi connectivity index (χ2v) is 6.31. The van der Waals surface area contributed by atoms with Gasteiger partial charge < -0.3 is 20.7 Å². The number of guanidine groups is 1. The molecule has 0 bridgehead atoms. The lowest BCUT2D eigenvalue weighted by atomic mass is 9.80. The number of fused-ring (bicyclic) bond motifs is 1. The number of rotatable bonds is 6. The zero-order valence-corrected chi connectivity index (χ0v) is 16.5. The lowest BCUT2D eigenvalue weighted by molar-refractivity contribution is -0.0236. The molecule has 1 heterocycles. The molecule has 6 heteroatoms. The minimum absolute atomic E-state index is 0. The van der Waals surface area contributed by atoms with Crippen LogP contribution in [0, 0.1) is 0 Å². The Morgan fingerprint density at radius 3 is 2.79 bits per heavy atom. The molecule has 2 aromatic rings. The van der Waals surface area contributed by atoms with E-state index in [1.54, 1.807) is 0 Å². The maximum absolute atomic E-state index is 10.2. The van der Waals surface area contributed by atoms with E-state index in [9.17, 15) is 5.11 Å². The van der Waals surface area contributed by atoms with Crippen molar-refractivity contribution in [1.82, 2.24) is 15.6 Å². The number of hydrogen-bond acceptors (Lipinski definition) is 2. The SMILES string of the molecule is CCNC(=NCC1(O)CCC1)NCCc1c[nH]c2ccccc12.I. The Morgan fingerprint density at radius 1 is 1.29 bits per heavy atom. The van der Waals surface area contributed by atoms with Crippen molar-refractivity contribution in [2.24, 2.45) is 4.99 Å². The molecule has 0 radical (unpaired) electrons. The summed E-state index contributed by atoms with van der Waals surface area (Å²) in [6.07, 6.45) is 5.85. The predicted octanol–water partition coefficient (Wildman–Crippen LogP) is 2.80. The zero-order valence-electron chi connectivity index (χ0n) is 14.1. The number of nitrogens with zero attached hydrogens (tertiary/aromatic N) is 1. The van der Waals surface area contributed by atoms with Gasteiger partial charge in [-0.15, -0.1) is 24.0 Å². The standard InChI is InChI=1S/C18H26N4O.HI/c1-2-19-17(22-13-18(23)9-5-10-18)20-11-8-14-12-21-16-7-4-3-6-15(14)16;/h3-4,6-7,12,21,23H,2,5,8-11,13H2,1H3,(H2,19,20,22);1H. The minimum atomic E-state index is -0.570. The van der Waals surface area contributed by atoms with Crippen molar-refractivity contribution >= 4 is 40.8 Å². The molecule has 5 nitrogen and oxygen atoms in total. The molecule has 1 aromatic carbocycles. The van der Waals surface area contributed by atoms with Crippen LogP contribution in [0.2, 0.25) is 0 Å². The first-order valence-corrected chi connectivity index (χ1v) is 8.50. The average Bonchev–Trinajstić information content (AvgIpc) is 2.94. The summed E-state index contributed by atoms with van der Waals surface area (Å²) in [4.78, 5) is 7.83. The molecule has 0 atom stereocenters. The minimum Gasteiger partial charge on any atom is -0.388 e. The van der Waals surface area contributed by atoms with Gasteiger partial charge in [-0.3, -0.25) is 4.99 Å². The number of aliphatic imine (C=N–C) groups is 1. The normalized spacial score (nSPS) is 16.3. The molecule has 1 saturated carbocycles. The third-order valence-electron chi connectivity index (χ3n) is 4.52. The predicted molar refractivity (Wildman–Crippen MR) is 110 cm³/mol. The Balaban J connectivity index is 0.00000208. The fourth-order valence-corrected chi connectivity index (χ4v) is 2.96. The van der Waals surface area contributed by atoms with Crippen LogP contribution in [-0.2, 0) is 6.42 Å². The maximum Gasteiger partial charge on any atom is 0.191 e. The van der Waals surface area contributed by atoms with Gasteiger partial charge in [0.25, 0.3) is 0 Å². The Bertz CT molecular complexity index is 678. The van der Waals surface area contributed by atoms with Crippen molar-refractivity contribution in [1.29, 1.82) is 0 Å². The van der Waals surface area contributed by atoms with E-state index in [1.807, 2.05) is 6.07 Å². The quantitative estimate of drug-likeness (QED) is 0.316. The summed E-state index contributed by atoms with van der Waals surface area (Å²) in [5.41, 5.74) is 1.91. The molecule has 132 valence electrons. The van der Waals surface area contributed by atoms with E-state index >= 15 is 0 Å². The molecular weight excluding hydrogens is 415 g/mol. The van der Waals surface area contributed by atoms with Crippen LogP contribution in [0.25, 0.3) is 10.9 Å². The zero-order chi connectivity index (χ0) is 16.1. The summed E-state index contributed by atoms with van der Waals surface area (Å²) in [5, 5.41) is 18.0. The van der Waals surface area contributed by atoms with Gasteiger partial charge in [-0.2, -0.15) is 0 Å². The van der Waals surface area contributed by atoms with Crippen LogP contribution in [0.5, 0.6) is 0 Å². The van der Waals surface area contributed by atoms with Crippen molar-refractivity contribution in [2.75, 3.05) is 19.6 Å². The van der Waals surface area contributed by atoms with Gasteiger partial charge in [0.1, 0.15) is 0 Å². The second-order valence-electron chi connectivity index (χ2n) is 6.31. The number of aromatic amines is 1. The molecule has 1 aliphatic carbocycles. The van der Waals surface area contributed by atoms with Gasteiger partial charge in [-0.1, -0.05) is 18.2 Å². The van der Waals surface area contributed by atoms with Gasteiger partial charge >= 0.3 is 0 Å². The molecule has 1 aliphatic rings. The number of aliphatic hydroxyl groups is 1. The molecule has 3 rings (SSSR count). The fourth-order valence-electron chi connectivity index (χ4n) is 2.96. The Kier molecular flexibility index (Phi) is 6.91. The lowest BCUT2D eigenvalue weighted by Gasteiger charge is -2.35. The number of aromatic nitrogens is 1. The highest BCUT2D eigenvalue weighted by atomic mass is 127. The number of hydrogen-bond donors (Lipinski definition) is 4. The Hall–Kier alpha value is -1.28. The van der Waals surface area contributed by atoms with Gasteiger partial charge in [-0.25, -0.2) is 0 Å². The first-order chi connectivity index (χ1) is 11.2. The van der Waals surface area contributed by atoms with E-state index in [1.165, 1.54) is 16.5 Å². The van der Waals surface area contributed by atoms with Crippen LogP contribution in [0.4, 0.5) is 0 Å². The molecular formula is C18H27IN4O. The molecule has 0 aliphatic heterocycles. The number of H-pyrrole nitrogens is 1. The topological polar surface area (TPSA) is 72.4 Å². The molecule has 4 N–H and O–H groups in total. The second kappa shape index (κ2) is 8.71. The van der Waals surface area contributed by atoms with Crippen molar-refractivity contribution in [3.63, 3.8) is 0 Å². The van der Waals surface area contributed by atoms with E-state index in [2.05, 4.69) is 51.9 Å². The number of benzene rings is 1. The molecule has 0 spiro atoms. The molecule has 0 saturated heterocycles. The van der Waals surface area contributed by atoms with E-state index in [4.69, 9.17) is 0 Å². The summed E-state index contributed by atoms with van der Waals surface area (Å²) in [7, 11) is 0. The highest BCUT2D eigenvalue weighted by Gasteiger charge is 2.34. The van der Waals surface area contributed by atoms with Crippen molar-refractivity contribution < 1.29 is 5.11 Å². The molecule has 1 aromatic heterocycles. The van der Waals surface area contributed by atoms with E-state index in [-0.39, 0.29) is 24.0 Å².